The molecule has 0 aromatic carbocycles. The molecule has 3 aromatic rings. The highest BCUT2D eigenvalue weighted by Crippen LogP contribution is 2.03. The van der Waals surface area contributed by atoms with Crippen molar-refractivity contribution in [2.75, 3.05) is 6.54 Å². The minimum Gasteiger partial charge on any atom is -0.352 e. The van der Waals surface area contributed by atoms with Gasteiger partial charge in [0.25, 0.3) is 5.91 Å². The predicted molar refractivity (Wildman–Crippen MR) is 73.3 cm³/mol. The molecule has 0 atom stereocenters. The van der Waals surface area contributed by atoms with Crippen LogP contribution in [0.3, 0.4) is 0 Å². The van der Waals surface area contributed by atoms with E-state index in [0.29, 0.717) is 18.5 Å². The van der Waals surface area contributed by atoms with Crippen LogP contribution in [-0.4, -0.2) is 32.0 Å². The minimum absolute atomic E-state index is 0.132. The number of fused-ring (bicyclic) bond motifs is 1. The van der Waals surface area contributed by atoms with Crippen LogP contribution in [0.4, 0.5) is 0 Å². The zero-order chi connectivity index (χ0) is 13.8. The van der Waals surface area contributed by atoms with Gasteiger partial charge in [0.1, 0.15) is 5.82 Å². The predicted octanol–water partition coefficient (Wildman–Crippen LogP) is 1.10. The molecule has 0 unspecified atom stereocenters. The lowest BCUT2D eigenvalue weighted by molar-refractivity contribution is 0.0953. The molecule has 1 amide bonds. The monoisotopic (exact) mass is 267 g/mol. The van der Waals surface area contributed by atoms with Crippen molar-refractivity contribution in [1.29, 1.82) is 0 Å². The van der Waals surface area contributed by atoms with Crippen molar-refractivity contribution in [1.82, 2.24) is 24.9 Å². The van der Waals surface area contributed by atoms with Gasteiger partial charge in [-0.15, -0.1) is 10.2 Å². The molecule has 0 spiro atoms. The third-order valence-electron chi connectivity index (χ3n) is 2.94. The van der Waals surface area contributed by atoms with Crippen molar-refractivity contribution >= 4 is 11.6 Å². The van der Waals surface area contributed by atoms with Crippen LogP contribution < -0.4 is 5.32 Å². The molecule has 3 aromatic heterocycles. The Hall–Kier alpha value is -2.76. The smallest absolute Gasteiger partial charge is 0.252 e. The summed E-state index contributed by atoms with van der Waals surface area (Å²) < 4.78 is 1.91. The van der Waals surface area contributed by atoms with Crippen molar-refractivity contribution < 1.29 is 4.79 Å². The topological polar surface area (TPSA) is 72.2 Å². The van der Waals surface area contributed by atoms with Gasteiger partial charge < -0.3 is 5.32 Å². The van der Waals surface area contributed by atoms with Crippen molar-refractivity contribution in [2.24, 2.45) is 0 Å². The van der Waals surface area contributed by atoms with E-state index < -0.39 is 0 Å². The first-order valence-electron chi connectivity index (χ1n) is 6.31. The number of hydrogen-bond acceptors (Lipinski definition) is 4. The number of rotatable bonds is 4. The second kappa shape index (κ2) is 5.48. The van der Waals surface area contributed by atoms with E-state index in [2.05, 4.69) is 20.5 Å². The highest BCUT2D eigenvalue weighted by molar-refractivity contribution is 5.93. The molecule has 100 valence electrons. The molecule has 0 saturated carbocycles. The van der Waals surface area contributed by atoms with Crippen LogP contribution in [0.2, 0.25) is 0 Å². The first-order chi connectivity index (χ1) is 9.84. The summed E-state index contributed by atoms with van der Waals surface area (Å²) in [5, 5.41) is 11.0. The fourth-order valence-corrected chi connectivity index (χ4v) is 1.95. The summed E-state index contributed by atoms with van der Waals surface area (Å²) >= 11 is 0. The second-order valence-corrected chi connectivity index (χ2v) is 4.29. The number of carbonyl (C=O) groups is 1. The quantitative estimate of drug-likeness (QED) is 0.768. The van der Waals surface area contributed by atoms with Gasteiger partial charge in [0.15, 0.2) is 5.65 Å². The molecule has 0 aliphatic rings. The molecule has 20 heavy (non-hydrogen) atoms. The highest BCUT2D eigenvalue weighted by atomic mass is 16.1. The Bertz CT molecular complexity index is 723. The summed E-state index contributed by atoms with van der Waals surface area (Å²) in [4.78, 5) is 15.8. The summed E-state index contributed by atoms with van der Waals surface area (Å²) in [6.45, 7) is 0.503. The van der Waals surface area contributed by atoms with Crippen molar-refractivity contribution in [2.45, 2.75) is 6.42 Å². The molecule has 1 N–H and O–H groups in total. The van der Waals surface area contributed by atoms with Gasteiger partial charge in [-0.1, -0.05) is 6.07 Å². The van der Waals surface area contributed by atoms with Crippen molar-refractivity contribution in [3.8, 4) is 0 Å². The van der Waals surface area contributed by atoms with Gasteiger partial charge in [0, 0.05) is 31.6 Å². The standard InChI is InChI=1S/C14H13N5O/c20-14(11-4-3-7-15-10-11)16-8-6-13-18-17-12-5-1-2-9-19(12)13/h1-5,7,9-10H,6,8H2,(H,16,20). The minimum atomic E-state index is -0.132. The molecule has 0 fully saturated rings. The van der Waals surface area contributed by atoms with Crippen LogP contribution in [0.1, 0.15) is 16.2 Å². The third-order valence-corrected chi connectivity index (χ3v) is 2.94. The van der Waals surface area contributed by atoms with Crippen LogP contribution in [0.5, 0.6) is 0 Å². The lowest BCUT2D eigenvalue weighted by atomic mass is 10.2. The number of nitrogens with zero attached hydrogens (tertiary/aromatic N) is 4. The molecular weight excluding hydrogens is 254 g/mol. The zero-order valence-corrected chi connectivity index (χ0v) is 10.7. The van der Waals surface area contributed by atoms with Crippen molar-refractivity contribution in [3.05, 3.63) is 60.3 Å². The van der Waals surface area contributed by atoms with E-state index in [1.165, 1.54) is 0 Å². The summed E-state index contributed by atoms with van der Waals surface area (Å²) in [5.41, 5.74) is 1.36. The molecule has 0 aliphatic heterocycles. The number of amides is 1. The lowest BCUT2D eigenvalue weighted by Gasteiger charge is -2.04. The lowest BCUT2D eigenvalue weighted by Crippen LogP contribution is -2.26. The Labute approximate surface area is 115 Å². The molecule has 0 radical (unpaired) electrons. The summed E-state index contributed by atoms with van der Waals surface area (Å²) in [6, 6.07) is 9.20. The summed E-state index contributed by atoms with van der Waals surface area (Å²) in [7, 11) is 0. The van der Waals surface area contributed by atoms with Crippen LogP contribution >= 0.6 is 0 Å². The SMILES string of the molecule is O=C(NCCc1nnc2ccccn12)c1cccnc1. The van der Waals surface area contributed by atoms with Gasteiger partial charge in [0.2, 0.25) is 0 Å². The first-order valence-corrected chi connectivity index (χ1v) is 6.31. The fourth-order valence-electron chi connectivity index (χ4n) is 1.95. The van der Waals surface area contributed by atoms with Gasteiger partial charge in [-0.25, -0.2) is 0 Å². The van der Waals surface area contributed by atoms with E-state index in [4.69, 9.17) is 0 Å². The third kappa shape index (κ3) is 2.49. The molecule has 0 saturated heterocycles. The fraction of sp³-hybridized carbons (Fsp3) is 0.143. The Balaban J connectivity index is 1.62. The van der Waals surface area contributed by atoms with Crippen LogP contribution in [-0.2, 0) is 6.42 Å². The first kappa shape index (κ1) is 12.3. The van der Waals surface area contributed by atoms with Gasteiger partial charge in [-0.2, -0.15) is 0 Å². The molecule has 6 heteroatoms. The Morgan fingerprint density at radius 1 is 1.20 bits per heavy atom. The number of hydrogen-bond donors (Lipinski definition) is 1. The van der Waals surface area contributed by atoms with Crippen LogP contribution in [0.25, 0.3) is 5.65 Å². The normalized spacial score (nSPS) is 10.6. The zero-order valence-electron chi connectivity index (χ0n) is 10.7. The Morgan fingerprint density at radius 2 is 2.15 bits per heavy atom. The molecule has 3 heterocycles. The van der Waals surface area contributed by atoms with Gasteiger partial charge in [-0.05, 0) is 24.3 Å². The summed E-state index contributed by atoms with van der Waals surface area (Å²) in [5.74, 6) is 0.694. The van der Waals surface area contributed by atoms with E-state index in [9.17, 15) is 4.79 Å². The molecular formula is C14H13N5O. The average molecular weight is 267 g/mol. The number of aromatic nitrogens is 4. The maximum absolute atomic E-state index is 11.8. The number of nitrogens with one attached hydrogen (secondary N) is 1. The molecule has 0 bridgehead atoms. The van der Waals surface area contributed by atoms with Gasteiger partial charge in [-0.3, -0.25) is 14.2 Å². The van der Waals surface area contributed by atoms with Gasteiger partial charge >= 0.3 is 0 Å². The molecule has 0 aliphatic carbocycles. The summed E-state index contributed by atoms with van der Waals surface area (Å²) in [6.07, 6.45) is 5.71. The Morgan fingerprint density at radius 3 is 3.00 bits per heavy atom. The van der Waals surface area contributed by atoms with E-state index in [0.717, 1.165) is 11.5 Å². The Kier molecular flexibility index (Phi) is 3.36. The van der Waals surface area contributed by atoms with Crippen LogP contribution in [0, 0.1) is 0 Å². The largest absolute Gasteiger partial charge is 0.352 e. The second-order valence-electron chi connectivity index (χ2n) is 4.29. The molecule has 6 nitrogen and oxygen atoms in total. The van der Waals surface area contributed by atoms with E-state index in [-0.39, 0.29) is 5.91 Å². The average Bonchev–Trinajstić information content (AvgIpc) is 2.92. The van der Waals surface area contributed by atoms with Gasteiger partial charge in [0.05, 0.1) is 5.56 Å². The van der Waals surface area contributed by atoms with Crippen LogP contribution in [0.15, 0.2) is 48.9 Å². The maximum Gasteiger partial charge on any atom is 0.252 e. The number of carbonyl (C=O) groups excluding carboxylic acids is 1. The van der Waals surface area contributed by atoms with Crippen molar-refractivity contribution in [3.63, 3.8) is 0 Å². The number of pyridine rings is 2. The van der Waals surface area contributed by atoms with E-state index >= 15 is 0 Å². The maximum atomic E-state index is 11.8. The van der Waals surface area contributed by atoms with E-state index in [1.807, 2.05) is 28.8 Å². The molecule has 3 rings (SSSR count). The van der Waals surface area contributed by atoms with E-state index in [1.54, 1.807) is 24.5 Å². The highest BCUT2D eigenvalue weighted by Gasteiger charge is 2.07.